The van der Waals surface area contributed by atoms with E-state index >= 15 is 0 Å². The van der Waals surface area contributed by atoms with Crippen LogP contribution in [0.1, 0.15) is 12.5 Å². The highest BCUT2D eigenvalue weighted by Gasteiger charge is 2.15. The number of hydrogen-bond acceptors (Lipinski definition) is 5. The zero-order valence-electron chi connectivity index (χ0n) is 15.5. The summed E-state index contributed by atoms with van der Waals surface area (Å²) in [6.07, 6.45) is 4.01. The number of rotatable bonds is 7. The molecular weight excluding hydrogens is 447 g/mol. The van der Waals surface area contributed by atoms with Crippen molar-refractivity contribution in [1.82, 2.24) is 20.5 Å². The summed E-state index contributed by atoms with van der Waals surface area (Å²) in [6, 6.07) is 4.22. The van der Waals surface area contributed by atoms with Crippen molar-refractivity contribution in [3.63, 3.8) is 0 Å². The van der Waals surface area contributed by atoms with Crippen molar-refractivity contribution in [2.24, 2.45) is 4.99 Å². The van der Waals surface area contributed by atoms with Crippen molar-refractivity contribution in [1.29, 1.82) is 0 Å². The number of likely N-dealkylation sites (N-methyl/N-ethyl adjacent to an activating group) is 1. The van der Waals surface area contributed by atoms with E-state index in [-0.39, 0.29) is 24.0 Å². The van der Waals surface area contributed by atoms with E-state index in [1.807, 2.05) is 18.0 Å². The molecule has 0 bridgehead atoms. The lowest BCUT2D eigenvalue weighted by Crippen LogP contribution is -2.44. The van der Waals surface area contributed by atoms with Crippen LogP contribution in [0.5, 0.6) is 0 Å². The fraction of sp³-hybridized carbons (Fsp3) is 0.647. The Morgan fingerprint density at radius 3 is 2.72 bits per heavy atom. The van der Waals surface area contributed by atoms with Crippen LogP contribution in [0.3, 0.4) is 0 Å². The maximum absolute atomic E-state index is 4.68. The average Bonchev–Trinajstić information content (AvgIpc) is 2.61. The van der Waals surface area contributed by atoms with Crippen LogP contribution in [0.4, 0.5) is 5.82 Å². The SMILES string of the molecule is CCNC(=NCc1ccnc(N2CCN(C)CC2)c1)NCCSC.I. The number of aromatic nitrogens is 1. The summed E-state index contributed by atoms with van der Waals surface area (Å²) in [5.41, 5.74) is 1.20. The molecule has 2 heterocycles. The van der Waals surface area contributed by atoms with Crippen molar-refractivity contribution in [2.75, 3.05) is 63.2 Å². The molecule has 1 aromatic heterocycles. The third-order valence-electron chi connectivity index (χ3n) is 4.00. The van der Waals surface area contributed by atoms with Gasteiger partial charge in [0, 0.05) is 51.2 Å². The standard InChI is InChI=1S/C17H30N6S.HI/c1-4-18-17(20-7-12-24-3)21-14-15-5-6-19-16(13-15)23-10-8-22(2)9-11-23;/h5-6,13H,4,7-12,14H2,1-3H3,(H2,18,20,21);1H. The van der Waals surface area contributed by atoms with Gasteiger partial charge in [0.2, 0.25) is 0 Å². The highest BCUT2D eigenvalue weighted by atomic mass is 127. The van der Waals surface area contributed by atoms with Crippen LogP contribution in [0.15, 0.2) is 23.3 Å². The summed E-state index contributed by atoms with van der Waals surface area (Å²) < 4.78 is 0. The van der Waals surface area contributed by atoms with Crippen LogP contribution in [-0.4, -0.2) is 74.2 Å². The zero-order chi connectivity index (χ0) is 17.2. The summed E-state index contributed by atoms with van der Waals surface area (Å²) in [5.74, 6) is 3.02. The van der Waals surface area contributed by atoms with E-state index in [1.165, 1.54) is 5.56 Å². The minimum absolute atomic E-state index is 0. The smallest absolute Gasteiger partial charge is 0.191 e. The van der Waals surface area contributed by atoms with Crippen molar-refractivity contribution < 1.29 is 0 Å². The molecule has 0 aromatic carbocycles. The minimum atomic E-state index is 0. The molecule has 25 heavy (non-hydrogen) atoms. The Bertz CT molecular complexity index is 520. The molecule has 1 aliphatic heterocycles. The van der Waals surface area contributed by atoms with Crippen LogP contribution in [0.2, 0.25) is 0 Å². The molecular formula is C17H31IN6S. The molecule has 1 fully saturated rings. The number of piperazine rings is 1. The van der Waals surface area contributed by atoms with E-state index < -0.39 is 0 Å². The van der Waals surface area contributed by atoms with Gasteiger partial charge in [0.1, 0.15) is 5.82 Å². The molecule has 0 unspecified atom stereocenters. The lowest BCUT2D eigenvalue weighted by Gasteiger charge is -2.33. The lowest BCUT2D eigenvalue weighted by atomic mass is 10.2. The van der Waals surface area contributed by atoms with E-state index in [1.54, 1.807) is 0 Å². The van der Waals surface area contributed by atoms with Gasteiger partial charge >= 0.3 is 0 Å². The van der Waals surface area contributed by atoms with Gasteiger partial charge in [-0.05, 0) is 37.9 Å². The van der Waals surface area contributed by atoms with Crippen LogP contribution in [0.25, 0.3) is 0 Å². The van der Waals surface area contributed by atoms with Gasteiger partial charge in [-0.2, -0.15) is 11.8 Å². The molecule has 142 valence electrons. The van der Waals surface area contributed by atoms with Gasteiger partial charge < -0.3 is 20.4 Å². The van der Waals surface area contributed by atoms with Gasteiger partial charge in [0.05, 0.1) is 6.54 Å². The summed E-state index contributed by atoms with van der Waals surface area (Å²) in [5, 5.41) is 6.65. The number of aliphatic imine (C=N–C) groups is 1. The Hall–Kier alpha value is -0.740. The second kappa shape index (κ2) is 12.6. The van der Waals surface area contributed by atoms with E-state index in [2.05, 4.69) is 62.8 Å². The number of hydrogen-bond donors (Lipinski definition) is 2. The highest BCUT2D eigenvalue weighted by Crippen LogP contribution is 2.15. The van der Waals surface area contributed by atoms with E-state index in [4.69, 9.17) is 0 Å². The molecule has 2 N–H and O–H groups in total. The van der Waals surface area contributed by atoms with Gasteiger partial charge in [-0.3, -0.25) is 0 Å². The van der Waals surface area contributed by atoms with Gasteiger partial charge in [-0.25, -0.2) is 9.98 Å². The van der Waals surface area contributed by atoms with Crippen LogP contribution in [0, 0.1) is 0 Å². The van der Waals surface area contributed by atoms with Gasteiger partial charge in [0.25, 0.3) is 0 Å². The second-order valence-electron chi connectivity index (χ2n) is 5.93. The first-order chi connectivity index (χ1) is 11.7. The minimum Gasteiger partial charge on any atom is -0.357 e. The van der Waals surface area contributed by atoms with Crippen molar-refractivity contribution in [3.8, 4) is 0 Å². The summed E-state index contributed by atoms with van der Waals surface area (Å²) in [4.78, 5) is 13.9. The van der Waals surface area contributed by atoms with Crippen LogP contribution in [-0.2, 0) is 6.54 Å². The largest absolute Gasteiger partial charge is 0.357 e. The van der Waals surface area contributed by atoms with Gasteiger partial charge in [-0.15, -0.1) is 24.0 Å². The highest BCUT2D eigenvalue weighted by molar-refractivity contribution is 14.0. The Morgan fingerprint density at radius 2 is 2.04 bits per heavy atom. The second-order valence-corrected chi connectivity index (χ2v) is 6.91. The maximum Gasteiger partial charge on any atom is 0.191 e. The fourth-order valence-corrected chi connectivity index (χ4v) is 2.86. The molecule has 0 saturated carbocycles. The number of anilines is 1. The molecule has 2 rings (SSSR count). The Balaban J connectivity index is 0.00000312. The fourth-order valence-electron chi connectivity index (χ4n) is 2.55. The molecule has 0 amide bonds. The molecule has 8 heteroatoms. The first-order valence-electron chi connectivity index (χ1n) is 8.62. The van der Waals surface area contributed by atoms with E-state index in [0.717, 1.165) is 56.8 Å². The third-order valence-corrected chi connectivity index (χ3v) is 4.61. The predicted octanol–water partition coefficient (Wildman–Crippen LogP) is 1.87. The van der Waals surface area contributed by atoms with Crippen molar-refractivity contribution in [2.45, 2.75) is 13.5 Å². The lowest BCUT2D eigenvalue weighted by molar-refractivity contribution is 0.312. The number of halogens is 1. The van der Waals surface area contributed by atoms with E-state index in [9.17, 15) is 0 Å². The van der Waals surface area contributed by atoms with Crippen molar-refractivity contribution >= 4 is 47.5 Å². The molecule has 1 aliphatic rings. The first-order valence-corrected chi connectivity index (χ1v) is 10.0. The summed E-state index contributed by atoms with van der Waals surface area (Å²) >= 11 is 1.83. The average molecular weight is 478 g/mol. The Kier molecular flexibility index (Phi) is 11.2. The van der Waals surface area contributed by atoms with Crippen LogP contribution >= 0.6 is 35.7 Å². The molecule has 0 atom stereocenters. The van der Waals surface area contributed by atoms with Gasteiger partial charge in [0.15, 0.2) is 5.96 Å². The van der Waals surface area contributed by atoms with E-state index in [0.29, 0.717) is 6.54 Å². The molecule has 1 saturated heterocycles. The van der Waals surface area contributed by atoms with Crippen LogP contribution < -0.4 is 15.5 Å². The zero-order valence-corrected chi connectivity index (χ0v) is 18.6. The molecule has 0 spiro atoms. The maximum atomic E-state index is 4.68. The number of nitrogens with one attached hydrogen (secondary N) is 2. The molecule has 1 aromatic rings. The number of nitrogens with zero attached hydrogens (tertiary/aromatic N) is 4. The third kappa shape index (κ3) is 8.00. The number of thioether (sulfide) groups is 1. The monoisotopic (exact) mass is 478 g/mol. The predicted molar refractivity (Wildman–Crippen MR) is 121 cm³/mol. The quantitative estimate of drug-likeness (QED) is 0.270. The Labute approximate surface area is 173 Å². The molecule has 0 aliphatic carbocycles. The molecule has 0 radical (unpaired) electrons. The van der Waals surface area contributed by atoms with Gasteiger partial charge in [-0.1, -0.05) is 0 Å². The first kappa shape index (κ1) is 22.3. The Morgan fingerprint density at radius 1 is 1.28 bits per heavy atom. The summed E-state index contributed by atoms with van der Waals surface area (Å²) in [7, 11) is 2.17. The summed E-state index contributed by atoms with van der Waals surface area (Å²) in [6.45, 7) is 8.80. The normalized spacial score (nSPS) is 15.6. The van der Waals surface area contributed by atoms with Crippen molar-refractivity contribution in [3.05, 3.63) is 23.9 Å². The number of guanidine groups is 1. The topological polar surface area (TPSA) is 55.8 Å². The number of pyridine rings is 1. The molecule has 6 nitrogen and oxygen atoms in total.